The van der Waals surface area contributed by atoms with E-state index >= 15 is 0 Å². The highest BCUT2D eigenvalue weighted by atomic mass is 16.8. The number of hydrogen-bond acceptors (Lipinski definition) is 20. The van der Waals surface area contributed by atoms with Crippen LogP contribution in [0.2, 0.25) is 0 Å². The molecule has 23 heteroatoms. The lowest BCUT2D eigenvalue weighted by Gasteiger charge is -2.50. The molecule has 3 saturated heterocycles. The number of ether oxygens (including phenoxy) is 6. The Labute approximate surface area is 626 Å². The predicted molar refractivity (Wildman–Crippen MR) is 403 cm³/mol. The van der Waals surface area contributed by atoms with Gasteiger partial charge in [0.15, 0.2) is 12.6 Å². The molecule has 0 aromatic rings. The highest BCUT2D eigenvalue weighted by Crippen LogP contribution is 2.39. The topological polar surface area (TPSA) is 373 Å². The largest absolute Gasteiger partial charge is 0.477 e. The number of aliphatic hydroxyl groups excluding tert-OH is 11. The van der Waals surface area contributed by atoms with Crippen molar-refractivity contribution >= 4 is 17.8 Å². The quantitative estimate of drug-likeness (QED) is 0.0199. The molecule has 612 valence electrons. The Kier molecular flexibility index (Phi) is 55.4. The lowest BCUT2D eigenvalue weighted by Crippen LogP contribution is -2.70. The van der Waals surface area contributed by atoms with E-state index in [9.17, 15) is 75.7 Å². The van der Waals surface area contributed by atoms with Gasteiger partial charge in [-0.05, 0) is 38.5 Å². The highest BCUT2D eigenvalue weighted by molar-refractivity contribution is 5.77. The molecular weight excluding hydrogens is 1340 g/mol. The fraction of sp³-hybridized carbons (Fsp3) is 0.938. The van der Waals surface area contributed by atoms with Gasteiger partial charge in [0.1, 0.15) is 67.1 Å². The summed E-state index contributed by atoms with van der Waals surface area (Å²) >= 11 is 0. The second kappa shape index (κ2) is 60.2. The van der Waals surface area contributed by atoms with Crippen molar-refractivity contribution in [3.63, 3.8) is 0 Å². The third-order valence-corrected chi connectivity index (χ3v) is 21.5. The second-order valence-corrected chi connectivity index (χ2v) is 30.7. The number of aliphatic carboxylic acids is 1. The first kappa shape index (κ1) is 95.7. The molecule has 0 aliphatic carbocycles. The minimum atomic E-state index is -3.08. The summed E-state index contributed by atoms with van der Waals surface area (Å²) in [6.45, 7) is 2.27. The van der Waals surface area contributed by atoms with E-state index in [1.54, 1.807) is 0 Å². The van der Waals surface area contributed by atoms with Crippen molar-refractivity contribution in [1.82, 2.24) is 10.6 Å². The molecule has 0 spiro atoms. The van der Waals surface area contributed by atoms with Crippen LogP contribution in [-0.2, 0) is 42.8 Å². The molecule has 0 aromatic carbocycles. The molecule has 0 bridgehead atoms. The smallest absolute Gasteiger partial charge is 0.364 e. The number of aliphatic hydroxyl groups is 11. The Balaban J connectivity index is 1.50. The molecule has 3 heterocycles. The van der Waals surface area contributed by atoms with Gasteiger partial charge in [0.25, 0.3) is 5.79 Å². The van der Waals surface area contributed by atoms with Gasteiger partial charge in [0, 0.05) is 19.8 Å². The summed E-state index contributed by atoms with van der Waals surface area (Å²) in [5, 5.41) is 137. The first-order valence-electron chi connectivity index (χ1n) is 42.0. The number of carboxylic acid groups (broad SMARTS) is 1. The fourth-order valence-electron chi connectivity index (χ4n) is 14.8. The molecular formula is C81H152N2O21. The average molecular weight is 1490 g/mol. The Bertz CT molecular complexity index is 2120. The highest BCUT2D eigenvalue weighted by Gasteiger charge is 2.60. The number of amides is 2. The van der Waals surface area contributed by atoms with Crippen molar-refractivity contribution in [3.8, 4) is 0 Å². The summed E-state index contributed by atoms with van der Waals surface area (Å²) in [6.07, 6.45) is 36.3. The summed E-state index contributed by atoms with van der Waals surface area (Å²) in [7, 11) is 0. The van der Waals surface area contributed by atoms with Crippen molar-refractivity contribution in [2.24, 2.45) is 0 Å². The normalized spacial score (nSPS) is 26.4. The summed E-state index contributed by atoms with van der Waals surface area (Å²) in [6, 6.07) is -2.53. The predicted octanol–water partition coefficient (Wildman–Crippen LogP) is 11.7. The van der Waals surface area contributed by atoms with Gasteiger partial charge >= 0.3 is 5.97 Å². The maximum atomic E-state index is 13.6. The summed E-state index contributed by atoms with van der Waals surface area (Å²) in [5.41, 5.74) is 0. The van der Waals surface area contributed by atoms with E-state index in [2.05, 4.69) is 36.6 Å². The van der Waals surface area contributed by atoms with Gasteiger partial charge in [-0.1, -0.05) is 302 Å². The van der Waals surface area contributed by atoms with Gasteiger partial charge in [-0.25, -0.2) is 4.79 Å². The van der Waals surface area contributed by atoms with Gasteiger partial charge in [-0.2, -0.15) is 0 Å². The number of allylic oxidation sites excluding steroid dienone is 2. The molecule has 3 aliphatic rings. The van der Waals surface area contributed by atoms with Crippen LogP contribution >= 0.6 is 0 Å². The van der Waals surface area contributed by atoms with Crippen LogP contribution in [0, 0.1) is 0 Å². The van der Waals surface area contributed by atoms with Crippen LogP contribution in [0.4, 0.5) is 0 Å². The van der Waals surface area contributed by atoms with Crippen molar-refractivity contribution < 1.29 is 104 Å². The van der Waals surface area contributed by atoms with Crippen molar-refractivity contribution in [1.29, 1.82) is 0 Å². The van der Waals surface area contributed by atoms with E-state index in [0.717, 1.165) is 64.7 Å². The Morgan fingerprint density at radius 1 is 0.490 bits per heavy atom. The van der Waals surface area contributed by atoms with E-state index in [1.807, 2.05) is 0 Å². The molecule has 23 nitrogen and oxygen atoms in total. The molecule has 3 fully saturated rings. The third-order valence-electron chi connectivity index (χ3n) is 21.5. The molecule has 3 rings (SSSR count). The molecule has 0 aromatic heterocycles. The standard InChI is InChI=1S/C81H152N2O21/c1-4-6-8-10-12-14-16-18-20-22-24-26-28-30-31-33-35-37-39-41-43-45-47-49-51-53-55-68(91)83-62(63(88)54-52-50-48-46-44-42-40-38-36-34-32-29-27-25-23-21-19-17-15-13-11-9-7-5-2)60-99-78-73(95)72(94)75(67(59-86)101-78)102-79-74(96)77(71(93)66(58-85)100-79)104-81(80(97)98)56-64(89)69(82-61(3)87)76(103-81)70(92)65(90)57-84/h30-31,62-67,69-79,84-86,88-90,92-96H,4-29,32-60H2,1-3H3,(H,82,87)(H,83,91)(H,97,98)/b31-30-. The zero-order chi connectivity index (χ0) is 76.0. The summed E-state index contributed by atoms with van der Waals surface area (Å²) in [5.74, 6) is -6.09. The van der Waals surface area contributed by atoms with Gasteiger partial charge < -0.3 is 100 Å². The third kappa shape index (κ3) is 39.9. The van der Waals surface area contributed by atoms with Crippen molar-refractivity contribution in [3.05, 3.63) is 12.2 Å². The van der Waals surface area contributed by atoms with Crippen LogP contribution in [0.25, 0.3) is 0 Å². The zero-order valence-electron chi connectivity index (χ0n) is 64.9. The van der Waals surface area contributed by atoms with Gasteiger partial charge in [0.05, 0.1) is 50.7 Å². The lowest BCUT2D eigenvalue weighted by molar-refractivity contribution is -0.386. The van der Waals surface area contributed by atoms with Gasteiger partial charge in [-0.15, -0.1) is 0 Å². The van der Waals surface area contributed by atoms with Crippen LogP contribution in [0.5, 0.6) is 0 Å². The van der Waals surface area contributed by atoms with Crippen LogP contribution in [0.15, 0.2) is 12.2 Å². The summed E-state index contributed by atoms with van der Waals surface area (Å²) < 4.78 is 35.0. The van der Waals surface area contributed by atoms with Crippen LogP contribution in [-0.4, -0.2) is 215 Å². The van der Waals surface area contributed by atoms with Crippen molar-refractivity contribution in [2.75, 3.05) is 26.4 Å². The number of hydrogen-bond donors (Lipinski definition) is 14. The van der Waals surface area contributed by atoms with E-state index in [4.69, 9.17) is 28.4 Å². The number of carboxylic acids is 1. The minimum Gasteiger partial charge on any atom is -0.477 e. The molecule has 104 heavy (non-hydrogen) atoms. The van der Waals surface area contributed by atoms with E-state index in [0.29, 0.717) is 19.3 Å². The first-order chi connectivity index (χ1) is 50.4. The monoisotopic (exact) mass is 1490 g/mol. The molecule has 0 radical (unpaired) electrons. The summed E-state index contributed by atoms with van der Waals surface area (Å²) in [4.78, 5) is 38.7. The average Bonchev–Trinajstić information content (AvgIpc) is 0.753. The Hall–Kier alpha value is -2.53. The van der Waals surface area contributed by atoms with Crippen LogP contribution < -0.4 is 10.6 Å². The number of rotatable bonds is 67. The maximum absolute atomic E-state index is 13.6. The van der Waals surface area contributed by atoms with Gasteiger partial charge in [0.2, 0.25) is 11.8 Å². The van der Waals surface area contributed by atoms with Crippen LogP contribution in [0.1, 0.15) is 348 Å². The van der Waals surface area contributed by atoms with E-state index in [1.165, 1.54) is 238 Å². The number of nitrogens with one attached hydrogen (secondary N) is 2. The zero-order valence-corrected chi connectivity index (χ0v) is 64.9. The number of unbranched alkanes of at least 4 members (excludes halogenated alkanes) is 45. The minimum absolute atomic E-state index is 0.224. The van der Waals surface area contributed by atoms with E-state index < -0.39 is 148 Å². The molecule has 0 saturated carbocycles. The first-order valence-corrected chi connectivity index (χ1v) is 42.0. The lowest BCUT2D eigenvalue weighted by atomic mass is 9.88. The molecule has 18 atom stereocenters. The molecule has 18 unspecified atom stereocenters. The van der Waals surface area contributed by atoms with Crippen LogP contribution in [0.3, 0.4) is 0 Å². The van der Waals surface area contributed by atoms with Crippen molar-refractivity contribution in [2.45, 2.75) is 458 Å². The number of carbonyl (C=O) groups is 3. The molecule has 2 amide bonds. The second-order valence-electron chi connectivity index (χ2n) is 30.7. The van der Waals surface area contributed by atoms with E-state index in [-0.39, 0.29) is 18.9 Å². The Morgan fingerprint density at radius 3 is 1.30 bits per heavy atom. The van der Waals surface area contributed by atoms with Gasteiger partial charge in [-0.3, -0.25) is 9.59 Å². The number of carbonyl (C=O) groups excluding carboxylic acids is 2. The SMILES string of the molecule is CCCCCCCCCCCCCC/C=C\CCCCCCCCCCCCC(=O)NC(COC1OC(CO)C(OC2OC(CO)C(O)C(OC3(C(=O)O)CC(O)C(NC(C)=O)C(C(O)C(O)CO)O3)C2O)C(O)C1O)C(O)CCCCCCCCCCCCCCCCCCCCCCCCCC. The molecule has 14 N–H and O–H groups in total. The molecule has 3 aliphatic heterocycles. The fourth-order valence-corrected chi connectivity index (χ4v) is 14.8. The maximum Gasteiger partial charge on any atom is 0.364 e. The Morgan fingerprint density at radius 2 is 0.894 bits per heavy atom.